The third-order valence-corrected chi connectivity index (χ3v) is 4.86. The molecular weight excluding hydrogens is 306 g/mol. The van der Waals surface area contributed by atoms with Gasteiger partial charge in [-0.25, -0.2) is 0 Å². The summed E-state index contributed by atoms with van der Waals surface area (Å²) in [5.41, 5.74) is 0.740. The number of fused-ring (bicyclic) bond motifs is 2. The average molecular weight is 327 g/mol. The largest absolute Gasteiger partial charge is 0.451 e. The van der Waals surface area contributed by atoms with Crippen molar-refractivity contribution < 1.29 is 18.7 Å². The Hall–Kier alpha value is -2.11. The molecule has 126 valence electrons. The van der Waals surface area contributed by atoms with E-state index in [4.69, 9.17) is 13.9 Å². The Morgan fingerprint density at radius 3 is 3.08 bits per heavy atom. The first-order valence-electron chi connectivity index (χ1n) is 8.41. The number of nitrogens with zero attached hydrogens (tertiary/aromatic N) is 1. The average Bonchev–Trinajstić information content (AvgIpc) is 3.23. The normalized spacial score (nSPS) is 26.5. The van der Waals surface area contributed by atoms with Crippen molar-refractivity contribution in [2.75, 3.05) is 19.8 Å². The minimum absolute atomic E-state index is 0.0271. The summed E-state index contributed by atoms with van der Waals surface area (Å²) >= 11 is 0. The second-order valence-electron chi connectivity index (χ2n) is 6.29. The van der Waals surface area contributed by atoms with Gasteiger partial charge in [0.05, 0.1) is 25.4 Å². The fraction of sp³-hybridized carbons (Fsp3) is 0.421. The molecule has 1 aromatic heterocycles. The molecule has 0 N–H and O–H groups in total. The van der Waals surface area contributed by atoms with Crippen LogP contribution >= 0.6 is 0 Å². The highest BCUT2D eigenvalue weighted by Gasteiger charge is 2.45. The standard InChI is InChI=1S/C19H21NO4/c1-2-10-22-16-8-7-14-18(16)23-11-9-20(14)19(21)17-12-13-5-3-4-6-15(13)24-17/h2-6,12,14,16,18H,1,7-11H2/t14-,16-,18+/m0/s1. The van der Waals surface area contributed by atoms with Crippen molar-refractivity contribution in [3.05, 3.63) is 48.7 Å². The number of carbonyl (C=O) groups is 1. The molecule has 4 rings (SSSR count). The Labute approximate surface area is 140 Å². The molecule has 1 saturated carbocycles. The van der Waals surface area contributed by atoms with Crippen LogP contribution in [0.25, 0.3) is 11.0 Å². The predicted octanol–water partition coefficient (Wildman–Crippen LogP) is 3.01. The smallest absolute Gasteiger partial charge is 0.290 e. The highest BCUT2D eigenvalue weighted by Crippen LogP contribution is 2.33. The van der Waals surface area contributed by atoms with Crippen molar-refractivity contribution in [1.82, 2.24) is 4.90 Å². The molecule has 2 fully saturated rings. The van der Waals surface area contributed by atoms with Crippen molar-refractivity contribution in [1.29, 1.82) is 0 Å². The molecular formula is C19H21NO4. The van der Waals surface area contributed by atoms with Crippen LogP contribution in [0, 0.1) is 0 Å². The van der Waals surface area contributed by atoms with Gasteiger partial charge in [0.2, 0.25) is 0 Å². The zero-order valence-electron chi connectivity index (χ0n) is 13.5. The van der Waals surface area contributed by atoms with Gasteiger partial charge in [0.25, 0.3) is 5.91 Å². The third kappa shape index (κ3) is 2.64. The molecule has 5 nitrogen and oxygen atoms in total. The maximum absolute atomic E-state index is 13.0. The molecule has 1 aliphatic heterocycles. The van der Waals surface area contributed by atoms with E-state index in [1.54, 1.807) is 6.08 Å². The summed E-state index contributed by atoms with van der Waals surface area (Å²) in [6.07, 6.45) is 3.49. The SMILES string of the molecule is C=CCO[C@H]1CC[C@H]2[C@H]1OCCN2C(=O)c1cc2ccccc2o1. The summed E-state index contributed by atoms with van der Waals surface area (Å²) < 4.78 is 17.4. The fourth-order valence-corrected chi connectivity index (χ4v) is 3.77. The van der Waals surface area contributed by atoms with Crippen LogP contribution in [0.2, 0.25) is 0 Å². The second-order valence-corrected chi connectivity index (χ2v) is 6.29. The summed E-state index contributed by atoms with van der Waals surface area (Å²) in [6, 6.07) is 9.55. The number of furan rings is 1. The molecule has 2 aliphatic rings. The second kappa shape index (κ2) is 6.42. The number of para-hydroxylation sites is 1. The lowest BCUT2D eigenvalue weighted by Crippen LogP contribution is -2.53. The van der Waals surface area contributed by atoms with E-state index in [-0.39, 0.29) is 24.2 Å². The lowest BCUT2D eigenvalue weighted by atomic mass is 10.1. The number of benzene rings is 1. The van der Waals surface area contributed by atoms with E-state index in [9.17, 15) is 4.79 Å². The van der Waals surface area contributed by atoms with Crippen LogP contribution in [-0.2, 0) is 9.47 Å². The minimum atomic E-state index is -0.0629. The van der Waals surface area contributed by atoms with Crippen molar-refractivity contribution in [3.8, 4) is 0 Å². The first-order valence-corrected chi connectivity index (χ1v) is 8.41. The van der Waals surface area contributed by atoms with E-state index in [0.29, 0.717) is 25.5 Å². The molecule has 5 heteroatoms. The summed E-state index contributed by atoms with van der Waals surface area (Å²) in [7, 11) is 0. The predicted molar refractivity (Wildman–Crippen MR) is 89.9 cm³/mol. The minimum Gasteiger partial charge on any atom is -0.451 e. The van der Waals surface area contributed by atoms with Crippen molar-refractivity contribution in [3.63, 3.8) is 0 Å². The van der Waals surface area contributed by atoms with Crippen molar-refractivity contribution >= 4 is 16.9 Å². The molecule has 1 saturated heterocycles. The quantitative estimate of drug-likeness (QED) is 0.810. The van der Waals surface area contributed by atoms with Crippen LogP contribution in [0.5, 0.6) is 0 Å². The molecule has 2 heterocycles. The monoisotopic (exact) mass is 327 g/mol. The fourth-order valence-electron chi connectivity index (χ4n) is 3.77. The summed E-state index contributed by atoms with van der Waals surface area (Å²) in [5.74, 6) is 0.334. The number of carbonyl (C=O) groups excluding carboxylic acids is 1. The van der Waals surface area contributed by atoms with Gasteiger partial charge in [-0.1, -0.05) is 24.3 Å². The molecule has 0 bridgehead atoms. The van der Waals surface area contributed by atoms with E-state index < -0.39 is 0 Å². The van der Waals surface area contributed by atoms with Gasteiger partial charge in [-0.15, -0.1) is 6.58 Å². The zero-order chi connectivity index (χ0) is 16.5. The van der Waals surface area contributed by atoms with Crippen LogP contribution < -0.4 is 0 Å². The topological polar surface area (TPSA) is 51.9 Å². The molecule has 1 aromatic carbocycles. The van der Waals surface area contributed by atoms with Gasteiger partial charge in [0.1, 0.15) is 11.7 Å². The number of ether oxygens (including phenoxy) is 2. The highest BCUT2D eigenvalue weighted by atomic mass is 16.5. The molecule has 24 heavy (non-hydrogen) atoms. The first kappa shape index (κ1) is 15.4. The first-order chi connectivity index (χ1) is 11.8. The van der Waals surface area contributed by atoms with E-state index in [1.807, 2.05) is 35.2 Å². The van der Waals surface area contributed by atoms with Gasteiger partial charge in [-0.2, -0.15) is 0 Å². The van der Waals surface area contributed by atoms with Crippen LogP contribution in [0.4, 0.5) is 0 Å². The van der Waals surface area contributed by atoms with E-state index >= 15 is 0 Å². The molecule has 2 aromatic rings. The molecule has 1 amide bonds. The lowest BCUT2D eigenvalue weighted by molar-refractivity contribution is -0.100. The van der Waals surface area contributed by atoms with Crippen LogP contribution in [0.1, 0.15) is 23.4 Å². The molecule has 0 spiro atoms. The molecule has 0 radical (unpaired) electrons. The maximum atomic E-state index is 13.0. The van der Waals surface area contributed by atoms with Crippen molar-refractivity contribution in [2.24, 2.45) is 0 Å². The summed E-state index contributed by atoms with van der Waals surface area (Å²) in [6.45, 7) is 5.31. The van der Waals surface area contributed by atoms with Crippen LogP contribution in [0.3, 0.4) is 0 Å². The Kier molecular flexibility index (Phi) is 4.12. The molecule has 3 atom stereocenters. The number of amides is 1. The van der Waals surface area contributed by atoms with E-state index in [0.717, 1.165) is 23.8 Å². The van der Waals surface area contributed by atoms with Gasteiger partial charge >= 0.3 is 0 Å². The van der Waals surface area contributed by atoms with E-state index in [2.05, 4.69) is 6.58 Å². The van der Waals surface area contributed by atoms with Crippen molar-refractivity contribution in [2.45, 2.75) is 31.1 Å². The van der Waals surface area contributed by atoms with Gasteiger partial charge in [0.15, 0.2) is 5.76 Å². The molecule has 0 unspecified atom stereocenters. The third-order valence-electron chi connectivity index (χ3n) is 4.86. The number of hydrogen-bond acceptors (Lipinski definition) is 4. The Balaban J connectivity index is 1.54. The van der Waals surface area contributed by atoms with E-state index in [1.165, 1.54) is 0 Å². The molecule has 1 aliphatic carbocycles. The van der Waals surface area contributed by atoms with Gasteiger partial charge in [0, 0.05) is 11.9 Å². The summed E-state index contributed by atoms with van der Waals surface area (Å²) in [4.78, 5) is 14.8. The summed E-state index contributed by atoms with van der Waals surface area (Å²) in [5, 5.41) is 0.948. The number of morpholine rings is 1. The highest BCUT2D eigenvalue weighted by molar-refractivity contribution is 5.96. The van der Waals surface area contributed by atoms with Crippen LogP contribution in [-0.4, -0.2) is 48.8 Å². The maximum Gasteiger partial charge on any atom is 0.290 e. The Morgan fingerprint density at radius 1 is 1.38 bits per heavy atom. The number of rotatable bonds is 4. The number of hydrogen-bond donors (Lipinski definition) is 0. The van der Waals surface area contributed by atoms with Gasteiger partial charge < -0.3 is 18.8 Å². The van der Waals surface area contributed by atoms with Gasteiger partial charge in [-0.3, -0.25) is 4.79 Å². The van der Waals surface area contributed by atoms with Gasteiger partial charge in [-0.05, 0) is 25.0 Å². The Bertz CT molecular complexity index is 720. The Morgan fingerprint density at radius 2 is 2.25 bits per heavy atom. The van der Waals surface area contributed by atoms with Crippen LogP contribution in [0.15, 0.2) is 47.4 Å². The lowest BCUT2D eigenvalue weighted by Gasteiger charge is -2.38. The zero-order valence-corrected chi connectivity index (χ0v) is 13.5.